The molecule has 2 fully saturated rings. The Bertz CT molecular complexity index is 240. The lowest BCUT2D eigenvalue weighted by Gasteiger charge is -2.45. The molecule has 0 bridgehead atoms. The molecule has 1 saturated carbocycles. The number of ether oxygens (including phenoxy) is 1. The van der Waals surface area contributed by atoms with E-state index in [1.165, 1.54) is 38.5 Å². The number of hydrogen-bond acceptors (Lipinski definition) is 4. The minimum absolute atomic E-state index is 0.557. The highest BCUT2D eigenvalue weighted by Gasteiger charge is 2.37. The van der Waals surface area contributed by atoms with Crippen LogP contribution in [-0.2, 0) is 9.53 Å². The lowest BCUT2D eigenvalue weighted by molar-refractivity contribution is -0.129. The Morgan fingerprint density at radius 1 is 1.24 bits per heavy atom. The van der Waals surface area contributed by atoms with E-state index in [0.29, 0.717) is 18.5 Å². The van der Waals surface area contributed by atoms with Crippen molar-refractivity contribution in [3.05, 3.63) is 0 Å². The number of carbonyl (C=O) groups is 1. The summed E-state index contributed by atoms with van der Waals surface area (Å²) in [5.41, 5.74) is 0.581. The van der Waals surface area contributed by atoms with Gasteiger partial charge in [0.15, 0.2) is 0 Å². The van der Waals surface area contributed by atoms with E-state index in [0.717, 1.165) is 25.4 Å². The van der Waals surface area contributed by atoms with Gasteiger partial charge in [0.2, 0.25) is 0 Å². The normalized spacial score (nSPS) is 25.9. The average molecular weight is 240 g/mol. The Morgan fingerprint density at radius 2 is 1.88 bits per heavy atom. The second-order valence-corrected chi connectivity index (χ2v) is 5.74. The zero-order valence-corrected chi connectivity index (χ0v) is 10.6. The minimum atomic E-state index is 0.557. The van der Waals surface area contributed by atoms with Crippen molar-refractivity contribution in [1.29, 1.82) is 0 Å². The van der Waals surface area contributed by atoms with Gasteiger partial charge in [-0.05, 0) is 56.3 Å². The highest BCUT2D eigenvalue weighted by Crippen LogP contribution is 2.46. The molecule has 98 valence electrons. The van der Waals surface area contributed by atoms with Crippen LogP contribution in [0.3, 0.4) is 0 Å². The molecule has 0 amide bonds. The third kappa shape index (κ3) is 3.42. The molecule has 0 aromatic heterocycles. The molecule has 0 aromatic carbocycles. The van der Waals surface area contributed by atoms with Gasteiger partial charge < -0.3 is 4.74 Å². The zero-order valence-electron chi connectivity index (χ0n) is 10.6. The first-order valence-corrected chi connectivity index (χ1v) is 6.79. The molecule has 0 atom stereocenters. The van der Waals surface area contributed by atoms with Gasteiger partial charge in [-0.3, -0.25) is 10.6 Å². The smallest absolute Gasteiger partial charge is 0.293 e. The van der Waals surface area contributed by atoms with Crippen LogP contribution >= 0.6 is 0 Å². The van der Waals surface area contributed by atoms with E-state index in [1.54, 1.807) is 0 Å². The number of nitrogens with two attached hydrogens (primary N) is 1. The first-order valence-electron chi connectivity index (χ1n) is 6.79. The van der Waals surface area contributed by atoms with E-state index in [1.807, 2.05) is 5.01 Å². The lowest BCUT2D eigenvalue weighted by Crippen LogP contribution is -2.45. The van der Waals surface area contributed by atoms with Crippen LogP contribution in [0.5, 0.6) is 0 Å². The molecular formula is C13H24N2O2. The fourth-order valence-electron chi connectivity index (χ4n) is 3.36. The largest absolute Gasteiger partial charge is 0.468 e. The maximum absolute atomic E-state index is 10.1. The summed E-state index contributed by atoms with van der Waals surface area (Å²) in [6, 6.07) is 0. The number of rotatable bonds is 4. The quantitative estimate of drug-likeness (QED) is 0.461. The zero-order chi connectivity index (χ0) is 12.1. The third-order valence-electron chi connectivity index (χ3n) is 4.74. The predicted molar refractivity (Wildman–Crippen MR) is 66.0 cm³/mol. The topological polar surface area (TPSA) is 55.6 Å². The molecule has 2 aliphatic rings. The van der Waals surface area contributed by atoms with Gasteiger partial charge in [-0.1, -0.05) is 0 Å². The number of carbonyl (C=O) groups excluding carboxylic acids is 1. The van der Waals surface area contributed by atoms with Gasteiger partial charge in [0.1, 0.15) is 0 Å². The number of nitrogens with zero attached hydrogens (tertiary/aromatic N) is 1. The van der Waals surface area contributed by atoms with Crippen molar-refractivity contribution in [2.45, 2.75) is 44.9 Å². The molecule has 0 aromatic rings. The summed E-state index contributed by atoms with van der Waals surface area (Å²) in [6.07, 6.45) is 8.85. The van der Waals surface area contributed by atoms with Gasteiger partial charge in [0.25, 0.3) is 6.47 Å². The van der Waals surface area contributed by atoms with Crippen molar-refractivity contribution >= 4 is 6.47 Å². The van der Waals surface area contributed by atoms with E-state index in [4.69, 9.17) is 10.6 Å². The standard InChI is InChI=1S/C13H24N2O2/c14-15-8-6-13(7-9-15)4-1-12(2-5-13)3-10-17-11-16/h11-12H,1-10,14H2. The van der Waals surface area contributed by atoms with Crippen LogP contribution in [0.15, 0.2) is 0 Å². The number of hydrogen-bond donors (Lipinski definition) is 1. The molecule has 1 spiro atoms. The summed E-state index contributed by atoms with van der Waals surface area (Å²) >= 11 is 0. The first-order chi connectivity index (χ1) is 8.24. The third-order valence-corrected chi connectivity index (χ3v) is 4.74. The molecule has 4 nitrogen and oxygen atoms in total. The van der Waals surface area contributed by atoms with E-state index in [2.05, 4.69) is 0 Å². The first kappa shape index (κ1) is 12.8. The summed E-state index contributed by atoms with van der Waals surface area (Å²) in [5, 5.41) is 1.95. The Hall–Kier alpha value is -0.610. The fourth-order valence-corrected chi connectivity index (χ4v) is 3.36. The van der Waals surface area contributed by atoms with Gasteiger partial charge in [-0.25, -0.2) is 5.01 Å². The summed E-state index contributed by atoms with van der Waals surface area (Å²) < 4.78 is 4.78. The summed E-state index contributed by atoms with van der Waals surface area (Å²) in [5.74, 6) is 6.58. The molecule has 2 rings (SSSR count). The molecule has 1 aliphatic heterocycles. The van der Waals surface area contributed by atoms with Crippen LogP contribution < -0.4 is 5.84 Å². The van der Waals surface area contributed by atoms with Crippen molar-refractivity contribution in [2.75, 3.05) is 19.7 Å². The van der Waals surface area contributed by atoms with Crippen LogP contribution in [0.2, 0.25) is 0 Å². The van der Waals surface area contributed by atoms with E-state index < -0.39 is 0 Å². The van der Waals surface area contributed by atoms with Crippen molar-refractivity contribution in [2.24, 2.45) is 17.2 Å². The molecule has 1 aliphatic carbocycles. The Kier molecular flexibility index (Phi) is 4.40. The van der Waals surface area contributed by atoms with Crippen LogP contribution in [0, 0.1) is 11.3 Å². The van der Waals surface area contributed by atoms with Crippen molar-refractivity contribution in [3.8, 4) is 0 Å². The Morgan fingerprint density at radius 3 is 2.47 bits per heavy atom. The maximum atomic E-state index is 10.1. The van der Waals surface area contributed by atoms with Crippen LogP contribution in [0.25, 0.3) is 0 Å². The van der Waals surface area contributed by atoms with Crippen molar-refractivity contribution in [1.82, 2.24) is 5.01 Å². The van der Waals surface area contributed by atoms with Gasteiger partial charge in [-0.2, -0.15) is 0 Å². The summed E-state index contributed by atoms with van der Waals surface area (Å²) in [4.78, 5) is 10.1. The highest BCUT2D eigenvalue weighted by molar-refractivity contribution is 5.36. The summed E-state index contributed by atoms with van der Waals surface area (Å²) in [7, 11) is 0. The molecule has 1 saturated heterocycles. The van der Waals surface area contributed by atoms with Crippen LogP contribution in [-0.4, -0.2) is 31.2 Å². The predicted octanol–water partition coefficient (Wildman–Crippen LogP) is 1.70. The lowest BCUT2D eigenvalue weighted by atomic mass is 9.65. The molecular weight excluding hydrogens is 216 g/mol. The molecule has 4 heteroatoms. The van der Waals surface area contributed by atoms with Gasteiger partial charge in [0, 0.05) is 13.1 Å². The molecule has 17 heavy (non-hydrogen) atoms. The SMILES string of the molecule is NN1CCC2(CCC(CCOC=O)CC2)CC1. The summed E-state index contributed by atoms with van der Waals surface area (Å²) in [6.45, 7) is 3.26. The molecule has 2 N–H and O–H groups in total. The minimum Gasteiger partial charge on any atom is -0.468 e. The second kappa shape index (κ2) is 5.83. The van der Waals surface area contributed by atoms with Crippen LogP contribution in [0.1, 0.15) is 44.9 Å². The van der Waals surface area contributed by atoms with E-state index in [9.17, 15) is 4.79 Å². The Labute approximate surface area is 103 Å². The number of piperidine rings is 1. The highest BCUT2D eigenvalue weighted by atomic mass is 16.5. The van der Waals surface area contributed by atoms with E-state index >= 15 is 0 Å². The molecule has 1 heterocycles. The van der Waals surface area contributed by atoms with Gasteiger partial charge in [-0.15, -0.1) is 0 Å². The Balaban J connectivity index is 1.72. The average Bonchev–Trinajstić information content (AvgIpc) is 2.36. The number of hydrazine groups is 1. The molecule has 0 unspecified atom stereocenters. The van der Waals surface area contributed by atoms with Crippen molar-refractivity contribution < 1.29 is 9.53 Å². The molecule has 0 radical (unpaired) electrons. The fraction of sp³-hybridized carbons (Fsp3) is 0.923. The van der Waals surface area contributed by atoms with Gasteiger partial charge in [0.05, 0.1) is 6.61 Å². The van der Waals surface area contributed by atoms with E-state index in [-0.39, 0.29) is 0 Å². The maximum Gasteiger partial charge on any atom is 0.293 e. The van der Waals surface area contributed by atoms with Gasteiger partial charge >= 0.3 is 0 Å². The van der Waals surface area contributed by atoms with Crippen molar-refractivity contribution in [3.63, 3.8) is 0 Å². The van der Waals surface area contributed by atoms with Crippen LogP contribution in [0.4, 0.5) is 0 Å². The second-order valence-electron chi connectivity index (χ2n) is 5.74. The monoisotopic (exact) mass is 240 g/mol.